The summed E-state index contributed by atoms with van der Waals surface area (Å²) >= 11 is 0. The van der Waals surface area contributed by atoms with Crippen LogP contribution in [0.25, 0.3) is 0 Å². The zero-order valence-electron chi connectivity index (χ0n) is 13.2. The summed E-state index contributed by atoms with van der Waals surface area (Å²) in [6, 6.07) is 8.29. The molecule has 9 nitrogen and oxygen atoms in total. The molecule has 3 rings (SSSR count). The van der Waals surface area contributed by atoms with E-state index in [1.807, 2.05) is 30.3 Å². The summed E-state index contributed by atoms with van der Waals surface area (Å²) in [5.74, 6) is -1.39. The van der Waals surface area contributed by atoms with Crippen LogP contribution in [0.15, 0.2) is 40.5 Å². The van der Waals surface area contributed by atoms with Crippen molar-refractivity contribution in [3.8, 4) is 0 Å². The van der Waals surface area contributed by atoms with Gasteiger partial charge in [0.2, 0.25) is 11.8 Å². The van der Waals surface area contributed by atoms with E-state index in [9.17, 15) is 14.8 Å². The van der Waals surface area contributed by atoms with Gasteiger partial charge in [-0.2, -0.15) is 0 Å². The summed E-state index contributed by atoms with van der Waals surface area (Å²) in [7, 11) is 0. The van der Waals surface area contributed by atoms with Crippen LogP contribution < -0.4 is 5.73 Å². The van der Waals surface area contributed by atoms with Gasteiger partial charge in [-0.05, 0) is 10.6 Å². The first-order valence-corrected chi connectivity index (χ1v) is 7.63. The molecule has 2 aliphatic heterocycles. The van der Waals surface area contributed by atoms with Crippen LogP contribution in [0.5, 0.6) is 0 Å². The number of aliphatic imine (C=N–C) groups is 1. The molecule has 0 saturated carbocycles. The van der Waals surface area contributed by atoms with Gasteiger partial charge in [-0.3, -0.25) is 14.3 Å². The zero-order valence-corrected chi connectivity index (χ0v) is 13.2. The number of carbonyl (C=O) groups excluding carboxylic acids is 2. The number of ether oxygens (including phenoxy) is 1. The second-order valence-corrected chi connectivity index (χ2v) is 5.60. The van der Waals surface area contributed by atoms with Gasteiger partial charge in [0.15, 0.2) is 6.61 Å². The van der Waals surface area contributed by atoms with Crippen LogP contribution in [0.3, 0.4) is 0 Å². The highest BCUT2D eigenvalue weighted by atomic mass is 16.6. The summed E-state index contributed by atoms with van der Waals surface area (Å²) in [6.45, 7) is -0.277. The number of nitrogens with two attached hydrogens (primary N) is 1. The highest BCUT2D eigenvalue weighted by Gasteiger charge is 2.35. The van der Waals surface area contributed by atoms with Gasteiger partial charge in [-0.1, -0.05) is 35.5 Å². The first-order chi connectivity index (χ1) is 12.0. The van der Waals surface area contributed by atoms with Gasteiger partial charge < -0.3 is 20.5 Å². The van der Waals surface area contributed by atoms with Crippen molar-refractivity contribution >= 4 is 29.6 Å². The van der Waals surface area contributed by atoms with Gasteiger partial charge in [0.05, 0.1) is 12.1 Å². The van der Waals surface area contributed by atoms with Crippen LogP contribution in [-0.4, -0.2) is 53.1 Å². The van der Waals surface area contributed by atoms with Crippen LogP contribution in [0, 0.1) is 5.21 Å². The molecule has 1 aromatic rings. The Morgan fingerprint density at radius 1 is 1.36 bits per heavy atom. The maximum Gasteiger partial charge on any atom is 0.310 e. The smallest absolute Gasteiger partial charge is 0.310 e. The Balaban J connectivity index is 1.46. The Kier molecular flexibility index (Phi) is 4.73. The largest absolute Gasteiger partial charge is 0.714 e. The SMILES string of the molecule is NC(=O)C1C(COC(=O)CC2CC(c3ccccc3)=NO2)=NC=[N+]1[O-]. The number of hydroxylamine groups is 1. The van der Waals surface area contributed by atoms with E-state index in [-0.39, 0.29) is 18.7 Å². The summed E-state index contributed by atoms with van der Waals surface area (Å²) < 4.78 is 5.39. The van der Waals surface area contributed by atoms with Crippen LogP contribution in [0.2, 0.25) is 0 Å². The molecule has 0 fully saturated rings. The van der Waals surface area contributed by atoms with Crippen LogP contribution in [0.4, 0.5) is 0 Å². The lowest BCUT2D eigenvalue weighted by molar-refractivity contribution is -0.459. The number of amides is 1. The summed E-state index contributed by atoms with van der Waals surface area (Å²) in [5, 5.41) is 15.4. The van der Waals surface area contributed by atoms with Gasteiger partial charge in [0, 0.05) is 6.42 Å². The molecule has 0 saturated heterocycles. The number of hydrogen-bond donors (Lipinski definition) is 1. The van der Waals surface area contributed by atoms with Crippen molar-refractivity contribution in [2.45, 2.75) is 25.0 Å². The lowest BCUT2D eigenvalue weighted by Gasteiger charge is -2.13. The predicted molar refractivity (Wildman–Crippen MR) is 88.2 cm³/mol. The molecule has 2 atom stereocenters. The molecule has 0 aliphatic carbocycles. The van der Waals surface area contributed by atoms with E-state index in [4.69, 9.17) is 15.3 Å². The number of nitrogens with zero attached hydrogens (tertiary/aromatic N) is 3. The van der Waals surface area contributed by atoms with Crippen molar-refractivity contribution in [2.75, 3.05) is 6.61 Å². The topological polar surface area (TPSA) is 129 Å². The first-order valence-electron chi connectivity index (χ1n) is 7.63. The molecule has 1 amide bonds. The number of esters is 1. The molecule has 9 heteroatoms. The normalized spacial score (nSPS) is 21.8. The Labute approximate surface area is 143 Å². The van der Waals surface area contributed by atoms with Crippen molar-refractivity contribution in [1.82, 2.24) is 0 Å². The maximum absolute atomic E-state index is 11.9. The lowest BCUT2D eigenvalue weighted by atomic mass is 10.0. The van der Waals surface area contributed by atoms with E-state index in [0.29, 0.717) is 11.2 Å². The van der Waals surface area contributed by atoms with Gasteiger partial charge in [0.25, 0.3) is 12.2 Å². The summed E-state index contributed by atoms with van der Waals surface area (Å²) in [6.07, 6.45) is 1.01. The molecule has 0 aromatic heterocycles. The fraction of sp³-hybridized carbons (Fsp3) is 0.312. The Morgan fingerprint density at radius 2 is 2.12 bits per heavy atom. The molecule has 0 radical (unpaired) electrons. The van der Waals surface area contributed by atoms with Crippen LogP contribution >= 0.6 is 0 Å². The van der Waals surface area contributed by atoms with Crippen molar-refractivity contribution in [3.05, 3.63) is 41.1 Å². The van der Waals surface area contributed by atoms with Gasteiger partial charge >= 0.3 is 5.97 Å². The monoisotopic (exact) mass is 344 g/mol. The van der Waals surface area contributed by atoms with Crippen molar-refractivity contribution in [1.29, 1.82) is 0 Å². The van der Waals surface area contributed by atoms with Crippen molar-refractivity contribution < 1.29 is 23.9 Å². The number of rotatable bonds is 6. The zero-order chi connectivity index (χ0) is 17.8. The average Bonchev–Trinajstić information content (AvgIpc) is 3.20. The third-order valence-electron chi connectivity index (χ3n) is 3.79. The van der Waals surface area contributed by atoms with Gasteiger partial charge in [-0.25, -0.2) is 0 Å². The minimum absolute atomic E-state index is 0.000838. The Morgan fingerprint density at radius 3 is 2.84 bits per heavy atom. The standard InChI is InChI=1S/C16H16N4O5/c17-16(22)15-13(18-9-20(15)23)8-24-14(21)7-11-6-12(19-25-11)10-4-2-1-3-5-10/h1-5,9,11,15H,6-8H2,(H2,17,22). The fourth-order valence-electron chi connectivity index (χ4n) is 2.56. The third kappa shape index (κ3) is 3.82. The van der Waals surface area contributed by atoms with Crippen LogP contribution in [-0.2, 0) is 19.2 Å². The summed E-state index contributed by atoms with van der Waals surface area (Å²) in [4.78, 5) is 32.2. The van der Waals surface area contributed by atoms with E-state index >= 15 is 0 Å². The molecule has 2 N–H and O–H groups in total. The van der Waals surface area contributed by atoms with E-state index in [1.54, 1.807) is 0 Å². The van der Waals surface area contributed by atoms with E-state index in [2.05, 4.69) is 10.1 Å². The van der Waals surface area contributed by atoms with Crippen LogP contribution in [0.1, 0.15) is 18.4 Å². The van der Waals surface area contributed by atoms with Crippen molar-refractivity contribution in [2.24, 2.45) is 15.9 Å². The van der Waals surface area contributed by atoms with E-state index < -0.39 is 24.0 Å². The van der Waals surface area contributed by atoms with Gasteiger partial charge in [-0.15, -0.1) is 0 Å². The molecular formula is C16H16N4O5. The number of carbonyl (C=O) groups is 2. The molecule has 0 spiro atoms. The molecule has 2 unspecified atom stereocenters. The Hall–Kier alpha value is -3.23. The number of hydrogen-bond acceptors (Lipinski definition) is 7. The molecule has 0 bridgehead atoms. The molecular weight excluding hydrogens is 328 g/mol. The van der Waals surface area contributed by atoms with E-state index in [1.165, 1.54) is 0 Å². The second kappa shape index (κ2) is 7.12. The molecule has 2 aliphatic rings. The highest BCUT2D eigenvalue weighted by Crippen LogP contribution is 2.19. The maximum atomic E-state index is 11.9. The molecule has 130 valence electrons. The molecule has 25 heavy (non-hydrogen) atoms. The molecule has 2 heterocycles. The predicted octanol–water partition coefficient (Wildman–Crippen LogP) is -0.0400. The van der Waals surface area contributed by atoms with E-state index in [0.717, 1.165) is 17.6 Å². The lowest BCUT2D eigenvalue weighted by Crippen LogP contribution is -2.42. The number of primary amides is 1. The Bertz CT molecular complexity index is 772. The molecule has 1 aromatic carbocycles. The number of benzene rings is 1. The average molecular weight is 344 g/mol. The number of oxime groups is 1. The quantitative estimate of drug-likeness (QED) is 0.440. The second-order valence-electron chi connectivity index (χ2n) is 5.60. The van der Waals surface area contributed by atoms with Gasteiger partial charge in [0.1, 0.15) is 6.10 Å². The van der Waals surface area contributed by atoms with Crippen molar-refractivity contribution in [3.63, 3.8) is 0 Å². The third-order valence-corrected chi connectivity index (χ3v) is 3.79. The minimum Gasteiger partial charge on any atom is -0.714 e. The minimum atomic E-state index is -1.23. The summed E-state index contributed by atoms with van der Waals surface area (Å²) in [5.41, 5.74) is 6.94. The fourth-order valence-corrected chi connectivity index (χ4v) is 2.56. The first kappa shape index (κ1) is 16.6. The highest BCUT2D eigenvalue weighted by molar-refractivity contribution is 6.11.